The van der Waals surface area contributed by atoms with Gasteiger partial charge in [0.05, 0.1) is 18.2 Å². The van der Waals surface area contributed by atoms with E-state index in [2.05, 4.69) is 42.3 Å². The maximum absolute atomic E-state index is 6.18. The molecule has 0 spiro atoms. The first-order valence-corrected chi connectivity index (χ1v) is 9.13. The molecule has 1 fully saturated rings. The van der Waals surface area contributed by atoms with E-state index in [0.29, 0.717) is 6.04 Å². The van der Waals surface area contributed by atoms with E-state index in [9.17, 15) is 0 Å². The molecule has 3 heterocycles. The summed E-state index contributed by atoms with van der Waals surface area (Å²) in [5, 5.41) is 3.72. The molecular weight excluding hydrogens is 314 g/mol. The summed E-state index contributed by atoms with van der Waals surface area (Å²) in [6.07, 6.45) is 6.86. The van der Waals surface area contributed by atoms with Crippen molar-refractivity contribution in [3.63, 3.8) is 0 Å². The number of hydrogen-bond acceptors (Lipinski definition) is 4. The summed E-state index contributed by atoms with van der Waals surface area (Å²) in [6, 6.07) is 6.94. The van der Waals surface area contributed by atoms with Crippen LogP contribution in [0.2, 0.25) is 0 Å². The lowest BCUT2D eigenvalue weighted by molar-refractivity contribution is -0.00408. The molecule has 2 aliphatic heterocycles. The predicted molar refractivity (Wildman–Crippen MR) is 96.6 cm³/mol. The molecule has 0 bridgehead atoms. The minimum Gasteiger partial charge on any atom is -0.487 e. The monoisotopic (exact) mass is 341 g/mol. The normalized spacial score (nSPS) is 24.8. The fourth-order valence-electron chi connectivity index (χ4n) is 3.94. The topological polar surface area (TPSA) is 48.3 Å². The van der Waals surface area contributed by atoms with Crippen LogP contribution in [0.5, 0.6) is 5.75 Å². The number of nitrogens with one attached hydrogen (secondary N) is 1. The quantitative estimate of drug-likeness (QED) is 0.928. The first-order chi connectivity index (χ1) is 12.0. The Morgan fingerprint density at radius 3 is 3.04 bits per heavy atom. The molecule has 134 valence electrons. The molecule has 0 aliphatic carbocycles. The maximum Gasteiger partial charge on any atom is 0.127 e. The second-order valence-corrected chi connectivity index (χ2v) is 7.83. The Morgan fingerprint density at radius 2 is 2.24 bits per heavy atom. The van der Waals surface area contributed by atoms with E-state index in [1.165, 1.54) is 11.1 Å². The number of para-hydroxylation sites is 1. The summed E-state index contributed by atoms with van der Waals surface area (Å²) >= 11 is 0. The van der Waals surface area contributed by atoms with Crippen molar-refractivity contribution in [2.24, 2.45) is 7.05 Å². The molecule has 4 rings (SSSR count). The van der Waals surface area contributed by atoms with Gasteiger partial charge in [-0.2, -0.15) is 0 Å². The zero-order valence-corrected chi connectivity index (χ0v) is 15.3. The number of ether oxygens (including phenoxy) is 2. The molecule has 2 atom stereocenters. The first kappa shape index (κ1) is 16.6. The van der Waals surface area contributed by atoms with Crippen LogP contribution in [0.1, 0.15) is 49.6 Å². The molecule has 25 heavy (non-hydrogen) atoms. The molecule has 1 aromatic carbocycles. The van der Waals surface area contributed by atoms with Crippen LogP contribution >= 0.6 is 0 Å². The van der Waals surface area contributed by atoms with E-state index >= 15 is 0 Å². The molecular formula is C20H27N3O2. The van der Waals surface area contributed by atoms with Gasteiger partial charge in [0.2, 0.25) is 0 Å². The average molecular weight is 341 g/mol. The summed E-state index contributed by atoms with van der Waals surface area (Å²) in [4.78, 5) is 4.21. The van der Waals surface area contributed by atoms with Crippen LogP contribution in [0.4, 0.5) is 0 Å². The third-order valence-corrected chi connectivity index (χ3v) is 5.22. The van der Waals surface area contributed by atoms with E-state index in [1.807, 2.05) is 24.1 Å². The van der Waals surface area contributed by atoms with Crippen molar-refractivity contribution in [3.05, 3.63) is 47.5 Å². The SMILES string of the molecule is Cn1cncc1C1CC(NCc2cccc3c2OC(C)(C)C3)CCO1. The second-order valence-electron chi connectivity index (χ2n) is 7.83. The van der Waals surface area contributed by atoms with Gasteiger partial charge >= 0.3 is 0 Å². The standard InChI is InChI=1S/C20H27N3O2/c1-20(2)10-14-5-4-6-15(19(14)25-20)11-22-16-7-8-24-18(9-16)17-12-21-13-23(17)3/h4-6,12-13,16,18,22H,7-11H2,1-3H3. The van der Waals surface area contributed by atoms with Crippen molar-refractivity contribution >= 4 is 0 Å². The molecule has 2 unspecified atom stereocenters. The van der Waals surface area contributed by atoms with Gasteiger partial charge in [-0.05, 0) is 32.3 Å². The molecule has 1 N–H and O–H groups in total. The van der Waals surface area contributed by atoms with Crippen LogP contribution in [0.25, 0.3) is 0 Å². The lowest BCUT2D eigenvalue weighted by Crippen LogP contribution is -2.36. The van der Waals surface area contributed by atoms with Gasteiger partial charge in [0.1, 0.15) is 17.5 Å². The highest BCUT2D eigenvalue weighted by molar-refractivity contribution is 5.45. The van der Waals surface area contributed by atoms with Gasteiger partial charge in [-0.3, -0.25) is 0 Å². The highest BCUT2D eigenvalue weighted by Crippen LogP contribution is 2.37. The zero-order valence-electron chi connectivity index (χ0n) is 15.3. The number of aromatic nitrogens is 2. The van der Waals surface area contributed by atoms with Crippen molar-refractivity contribution in [2.45, 2.75) is 57.4 Å². The molecule has 2 aliphatic rings. The Balaban J connectivity index is 1.41. The minimum absolute atomic E-state index is 0.0955. The Morgan fingerprint density at radius 1 is 1.36 bits per heavy atom. The molecule has 1 aromatic heterocycles. The van der Waals surface area contributed by atoms with Gasteiger partial charge < -0.3 is 19.4 Å². The van der Waals surface area contributed by atoms with Crippen molar-refractivity contribution in [3.8, 4) is 5.75 Å². The van der Waals surface area contributed by atoms with Crippen LogP contribution in [0.15, 0.2) is 30.7 Å². The van der Waals surface area contributed by atoms with Gasteiger partial charge in [0.25, 0.3) is 0 Å². The molecule has 5 nitrogen and oxygen atoms in total. The largest absolute Gasteiger partial charge is 0.487 e. The lowest BCUT2D eigenvalue weighted by Gasteiger charge is -2.30. The third-order valence-electron chi connectivity index (χ3n) is 5.22. The van der Waals surface area contributed by atoms with Crippen LogP contribution in [0.3, 0.4) is 0 Å². The van der Waals surface area contributed by atoms with Gasteiger partial charge in [-0.25, -0.2) is 4.98 Å². The summed E-state index contributed by atoms with van der Waals surface area (Å²) < 4.78 is 14.2. The number of aryl methyl sites for hydroxylation is 1. The Kier molecular flexibility index (Phi) is 4.29. The maximum atomic E-state index is 6.18. The van der Waals surface area contributed by atoms with Crippen LogP contribution in [0, 0.1) is 0 Å². The predicted octanol–water partition coefficient (Wildman–Crippen LogP) is 3.14. The van der Waals surface area contributed by atoms with E-state index in [-0.39, 0.29) is 11.7 Å². The van der Waals surface area contributed by atoms with Gasteiger partial charge in [0, 0.05) is 38.2 Å². The highest BCUT2D eigenvalue weighted by Gasteiger charge is 2.32. The number of hydrogen-bond donors (Lipinski definition) is 1. The highest BCUT2D eigenvalue weighted by atomic mass is 16.5. The van der Waals surface area contributed by atoms with E-state index < -0.39 is 0 Å². The number of fused-ring (bicyclic) bond motifs is 1. The van der Waals surface area contributed by atoms with Crippen LogP contribution in [-0.4, -0.2) is 27.8 Å². The minimum atomic E-state index is -0.0955. The summed E-state index contributed by atoms with van der Waals surface area (Å²) in [7, 11) is 2.02. The molecule has 0 saturated carbocycles. The van der Waals surface area contributed by atoms with E-state index in [4.69, 9.17) is 9.47 Å². The Hall–Kier alpha value is -1.85. The fraction of sp³-hybridized carbons (Fsp3) is 0.550. The van der Waals surface area contributed by atoms with Crippen LogP contribution < -0.4 is 10.1 Å². The van der Waals surface area contributed by atoms with Gasteiger partial charge in [-0.1, -0.05) is 18.2 Å². The number of benzene rings is 1. The number of imidazole rings is 1. The van der Waals surface area contributed by atoms with Crippen molar-refractivity contribution in [1.29, 1.82) is 0 Å². The Bertz CT molecular complexity index is 753. The van der Waals surface area contributed by atoms with Crippen molar-refractivity contribution in [2.75, 3.05) is 6.61 Å². The first-order valence-electron chi connectivity index (χ1n) is 9.13. The fourth-order valence-corrected chi connectivity index (χ4v) is 3.94. The number of nitrogens with zero attached hydrogens (tertiary/aromatic N) is 2. The summed E-state index contributed by atoms with van der Waals surface area (Å²) in [5.41, 5.74) is 3.63. The van der Waals surface area contributed by atoms with Gasteiger partial charge in [0.15, 0.2) is 0 Å². The Labute approximate surface area is 149 Å². The smallest absolute Gasteiger partial charge is 0.127 e. The van der Waals surface area contributed by atoms with Gasteiger partial charge in [-0.15, -0.1) is 0 Å². The summed E-state index contributed by atoms with van der Waals surface area (Å²) in [5.74, 6) is 1.08. The molecule has 0 amide bonds. The van der Waals surface area contributed by atoms with E-state index in [0.717, 1.165) is 43.9 Å². The van der Waals surface area contributed by atoms with E-state index in [1.54, 1.807) is 0 Å². The third kappa shape index (κ3) is 3.44. The molecule has 2 aromatic rings. The van der Waals surface area contributed by atoms with Crippen LogP contribution in [-0.2, 0) is 24.8 Å². The van der Waals surface area contributed by atoms with Crippen molar-refractivity contribution in [1.82, 2.24) is 14.9 Å². The molecule has 5 heteroatoms. The lowest BCUT2D eigenvalue weighted by atomic mass is 9.99. The molecule has 1 saturated heterocycles. The second kappa shape index (κ2) is 6.46. The average Bonchev–Trinajstić information content (AvgIpc) is 3.14. The zero-order chi connectivity index (χ0) is 17.4. The summed E-state index contributed by atoms with van der Waals surface area (Å²) in [6.45, 7) is 5.92. The number of rotatable bonds is 4. The van der Waals surface area contributed by atoms with Crippen molar-refractivity contribution < 1.29 is 9.47 Å². The molecule has 0 radical (unpaired) electrons.